The highest BCUT2D eigenvalue weighted by Crippen LogP contribution is 2.57. The molecule has 0 radical (unpaired) electrons. The first-order valence-corrected chi connectivity index (χ1v) is 16.7. The van der Waals surface area contributed by atoms with Gasteiger partial charge in [0.25, 0.3) is 0 Å². The maximum Gasteiger partial charge on any atom is 0.410 e. The zero-order chi connectivity index (χ0) is 32.3. The smallest absolute Gasteiger partial charge is 0.410 e. The number of carbonyl (C=O) groups excluding carboxylic acids is 4. The van der Waals surface area contributed by atoms with E-state index in [0.29, 0.717) is 24.8 Å². The number of nitrogens with zero attached hydrogens (tertiary/aromatic N) is 2. The zero-order valence-electron chi connectivity index (χ0n) is 26.5. The second-order valence-electron chi connectivity index (χ2n) is 13.3. The lowest BCUT2D eigenvalue weighted by molar-refractivity contribution is -0.152. The van der Waals surface area contributed by atoms with Gasteiger partial charge in [0.15, 0.2) is 5.78 Å². The van der Waals surface area contributed by atoms with Gasteiger partial charge in [0.05, 0.1) is 31.2 Å². The molecule has 9 heteroatoms. The molecule has 0 aromatic heterocycles. The van der Waals surface area contributed by atoms with Crippen molar-refractivity contribution in [3.05, 3.63) is 83.2 Å². The molecular formula is C37H43FN2O6. The molecule has 46 heavy (non-hydrogen) atoms. The molecule has 244 valence electrons. The molecular weight excluding hydrogens is 587 g/mol. The van der Waals surface area contributed by atoms with Crippen LogP contribution in [0.5, 0.6) is 0 Å². The third-order valence-corrected chi connectivity index (χ3v) is 10.1. The molecule has 8 nitrogen and oxygen atoms in total. The van der Waals surface area contributed by atoms with Crippen molar-refractivity contribution in [1.82, 2.24) is 9.80 Å². The second-order valence-corrected chi connectivity index (χ2v) is 13.3. The van der Waals surface area contributed by atoms with Gasteiger partial charge in [-0.05, 0) is 62.1 Å². The van der Waals surface area contributed by atoms with Crippen LogP contribution in [-0.2, 0) is 43.4 Å². The molecule has 2 aromatic carbocycles. The summed E-state index contributed by atoms with van der Waals surface area (Å²) >= 11 is 0. The van der Waals surface area contributed by atoms with E-state index in [1.165, 1.54) is 11.0 Å². The minimum absolute atomic E-state index is 0.0278. The van der Waals surface area contributed by atoms with E-state index in [1.54, 1.807) is 24.0 Å². The number of ether oxygens (including phenoxy) is 2. The number of carbonyl (C=O) groups is 4. The van der Waals surface area contributed by atoms with Crippen molar-refractivity contribution < 1.29 is 33.0 Å². The lowest BCUT2D eigenvalue weighted by Gasteiger charge is -2.29. The molecule has 3 heterocycles. The standard InChI is InChI=1S/C37H43FN2O6/c1-2-45-35(43)37-20-28(37)16-10-5-3-4-9-14-26(18-25-12-7-6-8-13-25)34(42)40-23-29(19-32(40)33(41)21-37)46-36(44)39-22-27-15-11-17-31(38)30(27)24-39/h6-8,10-13,15-17,26,28-29,32H,2-5,9,14,18-24H2,1H3/b16-10-/t26-,28+,29-,32+,37-/m1/s1. The van der Waals surface area contributed by atoms with Crippen molar-refractivity contribution in [2.75, 3.05) is 13.2 Å². The summed E-state index contributed by atoms with van der Waals surface area (Å²) in [7, 11) is 0. The topological polar surface area (TPSA) is 93.2 Å². The van der Waals surface area contributed by atoms with Crippen LogP contribution in [0.2, 0.25) is 0 Å². The maximum atomic E-state index is 14.4. The lowest BCUT2D eigenvalue weighted by Crippen LogP contribution is -2.45. The van der Waals surface area contributed by atoms with E-state index in [9.17, 15) is 23.6 Å². The van der Waals surface area contributed by atoms with Gasteiger partial charge in [-0.2, -0.15) is 0 Å². The Labute approximate surface area is 269 Å². The number of allylic oxidation sites excluding steroid dienone is 2. The first-order valence-electron chi connectivity index (χ1n) is 16.7. The van der Waals surface area contributed by atoms with Crippen LogP contribution < -0.4 is 0 Å². The Balaban J connectivity index is 1.25. The van der Waals surface area contributed by atoms with Gasteiger partial charge in [-0.1, -0.05) is 67.5 Å². The van der Waals surface area contributed by atoms with E-state index in [1.807, 2.05) is 30.3 Å². The van der Waals surface area contributed by atoms with Crippen molar-refractivity contribution >= 4 is 23.8 Å². The van der Waals surface area contributed by atoms with Gasteiger partial charge in [-0.25, -0.2) is 9.18 Å². The van der Waals surface area contributed by atoms with Gasteiger partial charge in [0.2, 0.25) is 5.91 Å². The van der Waals surface area contributed by atoms with E-state index < -0.39 is 23.7 Å². The van der Waals surface area contributed by atoms with Crippen LogP contribution in [0.4, 0.5) is 9.18 Å². The number of esters is 1. The number of hydrogen-bond donors (Lipinski definition) is 0. The average Bonchev–Trinajstić information content (AvgIpc) is 3.35. The molecule has 4 aliphatic rings. The Hall–Kier alpha value is -4.01. The third kappa shape index (κ3) is 6.74. The average molecular weight is 631 g/mol. The highest BCUT2D eigenvalue weighted by Gasteiger charge is 2.61. The SMILES string of the molecule is CCOC(=O)[C@]12CC(=O)[C@@H]3C[C@@H](OC(=O)N4Cc5cccc(F)c5C4)CN3C(=O)[C@@H](Cc3ccccc3)CCCCC/C=C\[C@H]1C2. The molecule has 2 aromatic rings. The fourth-order valence-electron chi connectivity index (χ4n) is 7.49. The normalized spacial score (nSPS) is 28.7. The van der Waals surface area contributed by atoms with Gasteiger partial charge in [0.1, 0.15) is 11.9 Å². The predicted octanol–water partition coefficient (Wildman–Crippen LogP) is 6.16. The number of hydrogen-bond acceptors (Lipinski definition) is 6. The molecule has 6 rings (SSSR count). The fourth-order valence-corrected chi connectivity index (χ4v) is 7.49. The van der Waals surface area contributed by atoms with Crippen LogP contribution in [0.25, 0.3) is 0 Å². The number of Topliss-reactive ketones (excluding diaryl/α,β-unsaturated/α-hetero) is 1. The molecule has 1 aliphatic carbocycles. The van der Waals surface area contributed by atoms with E-state index in [4.69, 9.17) is 9.47 Å². The van der Waals surface area contributed by atoms with Crippen LogP contribution in [0.3, 0.4) is 0 Å². The molecule has 1 saturated heterocycles. The van der Waals surface area contributed by atoms with Gasteiger partial charge in [-0.15, -0.1) is 0 Å². The van der Waals surface area contributed by atoms with Crippen LogP contribution in [0, 0.1) is 23.1 Å². The minimum Gasteiger partial charge on any atom is -0.466 e. The highest BCUT2D eigenvalue weighted by molar-refractivity contribution is 5.95. The molecule has 3 aliphatic heterocycles. The number of ketones is 1. The summed E-state index contributed by atoms with van der Waals surface area (Å²) < 4.78 is 25.7. The van der Waals surface area contributed by atoms with Gasteiger partial charge in [0, 0.05) is 30.9 Å². The molecule has 5 atom stereocenters. The lowest BCUT2D eigenvalue weighted by atomic mass is 9.90. The summed E-state index contributed by atoms with van der Waals surface area (Å²) in [6, 6.07) is 13.9. The Bertz CT molecular complexity index is 1490. The van der Waals surface area contributed by atoms with Gasteiger partial charge in [-0.3, -0.25) is 19.3 Å². The number of fused-ring (bicyclic) bond motifs is 3. The molecule has 1 saturated carbocycles. The van der Waals surface area contributed by atoms with Crippen LogP contribution in [0.1, 0.15) is 75.0 Å². The largest absolute Gasteiger partial charge is 0.466 e. The summed E-state index contributed by atoms with van der Waals surface area (Å²) in [5, 5.41) is 0. The highest BCUT2D eigenvalue weighted by atomic mass is 19.1. The van der Waals surface area contributed by atoms with Crippen molar-refractivity contribution in [2.45, 2.75) is 89.9 Å². The van der Waals surface area contributed by atoms with Gasteiger partial charge >= 0.3 is 12.1 Å². The molecule has 0 unspecified atom stereocenters. The maximum absolute atomic E-state index is 14.4. The van der Waals surface area contributed by atoms with E-state index in [-0.39, 0.29) is 74.4 Å². The first kappa shape index (κ1) is 32.0. The Morgan fingerprint density at radius 3 is 2.63 bits per heavy atom. The third-order valence-electron chi connectivity index (χ3n) is 10.1. The Morgan fingerprint density at radius 1 is 1.02 bits per heavy atom. The molecule has 0 spiro atoms. The van der Waals surface area contributed by atoms with Gasteiger partial charge < -0.3 is 14.4 Å². The first-order chi connectivity index (χ1) is 22.3. The number of benzene rings is 2. The summed E-state index contributed by atoms with van der Waals surface area (Å²) in [4.78, 5) is 58.1. The number of rotatable bonds is 5. The fraction of sp³-hybridized carbons (Fsp3) is 0.514. The summed E-state index contributed by atoms with van der Waals surface area (Å²) in [6.07, 6.45) is 8.49. The zero-order valence-corrected chi connectivity index (χ0v) is 26.5. The van der Waals surface area contributed by atoms with Crippen LogP contribution in [-0.4, -0.2) is 58.9 Å². The van der Waals surface area contributed by atoms with E-state index >= 15 is 0 Å². The molecule has 2 fully saturated rings. The number of amides is 2. The van der Waals surface area contributed by atoms with Crippen molar-refractivity contribution in [3.8, 4) is 0 Å². The van der Waals surface area contributed by atoms with Crippen LogP contribution in [0.15, 0.2) is 60.7 Å². The van der Waals surface area contributed by atoms with Crippen molar-refractivity contribution in [1.29, 1.82) is 0 Å². The predicted molar refractivity (Wildman–Crippen MR) is 169 cm³/mol. The monoisotopic (exact) mass is 630 g/mol. The Morgan fingerprint density at radius 2 is 1.85 bits per heavy atom. The quantitative estimate of drug-likeness (QED) is 0.291. The number of halogens is 1. The minimum atomic E-state index is -0.928. The summed E-state index contributed by atoms with van der Waals surface area (Å²) in [5.41, 5.74) is 1.34. The summed E-state index contributed by atoms with van der Waals surface area (Å²) in [5.74, 6) is -1.48. The van der Waals surface area contributed by atoms with Crippen LogP contribution >= 0.6 is 0 Å². The second kappa shape index (κ2) is 13.8. The molecule has 0 N–H and O–H groups in total. The molecule has 0 bridgehead atoms. The van der Waals surface area contributed by atoms with E-state index in [0.717, 1.165) is 36.8 Å². The Kier molecular flexibility index (Phi) is 9.57. The van der Waals surface area contributed by atoms with Crippen molar-refractivity contribution in [2.24, 2.45) is 17.3 Å². The van der Waals surface area contributed by atoms with E-state index in [2.05, 4.69) is 12.2 Å². The molecule has 2 amide bonds. The summed E-state index contributed by atoms with van der Waals surface area (Å²) in [6.45, 7) is 2.42. The van der Waals surface area contributed by atoms with Crippen molar-refractivity contribution in [3.63, 3.8) is 0 Å².